The van der Waals surface area contributed by atoms with Crippen molar-refractivity contribution < 1.29 is 17.9 Å². The van der Waals surface area contributed by atoms with E-state index in [4.69, 9.17) is 25.5 Å². The molecular weight excluding hydrogens is 356 g/mol. The minimum atomic E-state index is -2.21. The van der Waals surface area contributed by atoms with Gasteiger partial charge in [0, 0.05) is 19.8 Å². The molecule has 1 aromatic carbocycles. The van der Waals surface area contributed by atoms with Gasteiger partial charge in [-0.2, -0.15) is 0 Å². The Labute approximate surface area is 159 Å². The van der Waals surface area contributed by atoms with E-state index in [2.05, 4.69) is 32.0 Å². The van der Waals surface area contributed by atoms with E-state index in [9.17, 15) is 0 Å². The fraction of sp³-hybridized carbons (Fsp3) is 0.684. The molecule has 1 saturated heterocycles. The van der Waals surface area contributed by atoms with Crippen LogP contribution in [0.15, 0.2) is 30.3 Å². The molecular formula is C19H33ClO4Si. The molecule has 0 N–H and O–H groups in total. The van der Waals surface area contributed by atoms with E-state index < -0.39 is 8.56 Å². The molecule has 1 aliphatic rings. The highest BCUT2D eigenvalue weighted by molar-refractivity contribution is 6.70. The maximum atomic E-state index is 6.16. The lowest BCUT2D eigenvalue weighted by atomic mass is 10.1. The second-order valence-electron chi connectivity index (χ2n) is 6.00. The lowest BCUT2D eigenvalue weighted by Gasteiger charge is -2.49. The standard InChI is InChI=1S/C13H28O3Si.C6H5ClO/c1-5-13(14-6-2)11-9-10-12-17(13,15-7-3)16-8-4;7-8-6-4-2-1-3-5-6/h5-12H2,1-4H3;1-5H. The molecule has 4 nitrogen and oxygen atoms in total. The number of ether oxygens (including phenoxy) is 1. The quantitative estimate of drug-likeness (QED) is 0.541. The molecule has 25 heavy (non-hydrogen) atoms. The molecule has 1 atom stereocenters. The summed E-state index contributed by atoms with van der Waals surface area (Å²) < 4.78 is 22.9. The summed E-state index contributed by atoms with van der Waals surface area (Å²) in [6, 6.07) is 10.3. The van der Waals surface area contributed by atoms with Gasteiger partial charge in [-0.15, -0.1) is 0 Å². The molecule has 1 aliphatic heterocycles. The molecule has 0 saturated carbocycles. The van der Waals surface area contributed by atoms with Gasteiger partial charge in [-0.05, 0) is 51.8 Å². The average molecular weight is 389 g/mol. The van der Waals surface area contributed by atoms with Crippen molar-refractivity contribution in [1.82, 2.24) is 0 Å². The molecule has 0 radical (unpaired) electrons. The van der Waals surface area contributed by atoms with Crippen molar-refractivity contribution in [2.24, 2.45) is 0 Å². The second kappa shape index (κ2) is 11.9. The highest BCUT2D eigenvalue weighted by atomic mass is 35.5. The Balaban J connectivity index is 0.000000324. The molecule has 1 aromatic rings. The number of hydrogen-bond acceptors (Lipinski definition) is 4. The van der Waals surface area contributed by atoms with Gasteiger partial charge < -0.3 is 17.9 Å². The Hall–Kier alpha value is -0.593. The number of para-hydroxylation sites is 1. The van der Waals surface area contributed by atoms with Crippen LogP contribution in [0.5, 0.6) is 5.75 Å². The predicted octanol–water partition coefficient (Wildman–Crippen LogP) is 5.63. The molecule has 1 unspecified atom stereocenters. The molecule has 2 rings (SSSR count). The van der Waals surface area contributed by atoms with Crippen LogP contribution in [0.1, 0.15) is 53.4 Å². The first-order chi connectivity index (χ1) is 12.1. The van der Waals surface area contributed by atoms with Crippen LogP contribution in [0, 0.1) is 0 Å². The zero-order valence-corrected chi connectivity index (χ0v) is 17.8. The van der Waals surface area contributed by atoms with Gasteiger partial charge in [0.2, 0.25) is 0 Å². The van der Waals surface area contributed by atoms with E-state index in [0.29, 0.717) is 5.75 Å². The molecule has 0 bridgehead atoms. The van der Waals surface area contributed by atoms with Gasteiger partial charge in [0.15, 0.2) is 0 Å². The highest BCUT2D eigenvalue weighted by Gasteiger charge is 2.58. The lowest BCUT2D eigenvalue weighted by molar-refractivity contribution is -0.0426. The third-order valence-electron chi connectivity index (χ3n) is 4.61. The summed E-state index contributed by atoms with van der Waals surface area (Å²) in [6.07, 6.45) is 4.57. The van der Waals surface area contributed by atoms with Crippen LogP contribution in [0.4, 0.5) is 0 Å². The van der Waals surface area contributed by atoms with E-state index >= 15 is 0 Å². The van der Waals surface area contributed by atoms with Crippen molar-refractivity contribution in [2.75, 3.05) is 19.8 Å². The predicted molar refractivity (Wildman–Crippen MR) is 105 cm³/mol. The van der Waals surface area contributed by atoms with Gasteiger partial charge in [0.25, 0.3) is 0 Å². The number of hydrogen-bond donors (Lipinski definition) is 0. The lowest BCUT2D eigenvalue weighted by Crippen LogP contribution is -2.65. The smallest absolute Gasteiger partial charge is 0.371 e. The Morgan fingerprint density at radius 3 is 2.04 bits per heavy atom. The Kier molecular flexibility index (Phi) is 10.7. The van der Waals surface area contributed by atoms with E-state index in [0.717, 1.165) is 38.7 Å². The van der Waals surface area contributed by atoms with Gasteiger partial charge in [-0.1, -0.05) is 38.0 Å². The number of benzene rings is 1. The second-order valence-corrected chi connectivity index (χ2v) is 9.65. The summed E-state index contributed by atoms with van der Waals surface area (Å²) >= 11 is 5.03. The van der Waals surface area contributed by atoms with Crippen LogP contribution in [0.25, 0.3) is 0 Å². The van der Waals surface area contributed by atoms with Crippen LogP contribution in [-0.4, -0.2) is 33.6 Å². The molecule has 144 valence electrons. The number of halogens is 1. The molecule has 0 aliphatic carbocycles. The fourth-order valence-electron chi connectivity index (χ4n) is 3.58. The summed E-state index contributed by atoms with van der Waals surface area (Å²) in [4.78, 5) is 0. The van der Waals surface area contributed by atoms with Crippen molar-refractivity contribution in [3.05, 3.63) is 30.3 Å². The molecule has 0 spiro atoms. The summed E-state index contributed by atoms with van der Waals surface area (Å²) in [7, 11) is -2.21. The maximum absolute atomic E-state index is 6.16. The largest absolute Gasteiger partial charge is 0.393 e. The molecule has 1 heterocycles. The summed E-state index contributed by atoms with van der Waals surface area (Å²) in [5.74, 6) is 0.675. The zero-order valence-electron chi connectivity index (χ0n) is 16.1. The van der Waals surface area contributed by atoms with Crippen molar-refractivity contribution in [3.8, 4) is 5.75 Å². The normalized spacial score (nSPS) is 22.0. The van der Waals surface area contributed by atoms with E-state index in [-0.39, 0.29) is 5.22 Å². The van der Waals surface area contributed by atoms with Gasteiger partial charge in [-0.3, -0.25) is 0 Å². The van der Waals surface area contributed by atoms with E-state index in [1.807, 2.05) is 18.2 Å². The first kappa shape index (κ1) is 22.4. The van der Waals surface area contributed by atoms with Gasteiger partial charge in [0.05, 0.1) is 0 Å². The number of rotatable bonds is 8. The van der Waals surface area contributed by atoms with Crippen LogP contribution < -0.4 is 4.29 Å². The molecule has 6 heteroatoms. The van der Waals surface area contributed by atoms with Crippen LogP contribution in [-0.2, 0) is 13.6 Å². The summed E-state index contributed by atoms with van der Waals surface area (Å²) in [5.41, 5.74) is 0. The van der Waals surface area contributed by atoms with Gasteiger partial charge >= 0.3 is 8.56 Å². The first-order valence-electron chi connectivity index (χ1n) is 9.39. The summed E-state index contributed by atoms with van der Waals surface area (Å²) in [6.45, 7) is 10.6. The Bertz CT molecular complexity index is 444. The molecule has 1 fully saturated rings. The molecule has 0 aromatic heterocycles. The van der Waals surface area contributed by atoms with Crippen LogP contribution in [0.3, 0.4) is 0 Å². The fourth-order valence-corrected chi connectivity index (χ4v) is 8.15. The van der Waals surface area contributed by atoms with Crippen LogP contribution >= 0.6 is 11.9 Å². The van der Waals surface area contributed by atoms with Crippen molar-refractivity contribution in [3.63, 3.8) is 0 Å². The molecule has 0 amide bonds. The third-order valence-corrected chi connectivity index (χ3v) is 9.45. The highest BCUT2D eigenvalue weighted by Crippen LogP contribution is 2.42. The third kappa shape index (κ3) is 5.96. The van der Waals surface area contributed by atoms with Gasteiger partial charge in [0.1, 0.15) is 22.8 Å². The minimum absolute atomic E-state index is 0.119. The first-order valence-corrected chi connectivity index (χ1v) is 11.7. The Morgan fingerprint density at radius 1 is 0.960 bits per heavy atom. The van der Waals surface area contributed by atoms with Crippen molar-refractivity contribution in [2.45, 2.75) is 64.6 Å². The monoisotopic (exact) mass is 388 g/mol. The average Bonchev–Trinajstić information content (AvgIpc) is 2.65. The van der Waals surface area contributed by atoms with E-state index in [1.165, 1.54) is 12.8 Å². The summed E-state index contributed by atoms with van der Waals surface area (Å²) in [5, 5.41) is -0.119. The maximum Gasteiger partial charge on any atom is 0.371 e. The minimum Gasteiger partial charge on any atom is -0.393 e. The van der Waals surface area contributed by atoms with Gasteiger partial charge in [-0.25, -0.2) is 0 Å². The van der Waals surface area contributed by atoms with Crippen LogP contribution in [0.2, 0.25) is 6.04 Å². The van der Waals surface area contributed by atoms with Crippen molar-refractivity contribution >= 4 is 20.4 Å². The van der Waals surface area contributed by atoms with E-state index in [1.54, 1.807) is 12.1 Å². The SMILES string of the molecule is CCOC1(CC)CCCC[Si]1(OCC)OCC.ClOc1ccccc1. The Morgan fingerprint density at radius 2 is 1.60 bits per heavy atom. The zero-order chi connectivity index (χ0) is 18.6. The van der Waals surface area contributed by atoms with Crippen molar-refractivity contribution in [1.29, 1.82) is 0 Å². The topological polar surface area (TPSA) is 36.9 Å².